The zero-order valence-corrected chi connectivity index (χ0v) is 33.0. The molecule has 0 saturated heterocycles. The van der Waals surface area contributed by atoms with E-state index < -0.39 is 13.3 Å². The molecule has 4 aromatic carbocycles. The standard InChI is InChI=1S/C30H26NO.C14H16GeN.Ir/c1-3-8-21(9-4-1)18-22-16-17-31-27(19-22)24-14-15-28-26(20-24)30-25(12-7-13-29(30)32-28)23-10-5-2-6-11-23;1-15(2,3)13-9-10-14(16-11-13)12-7-5-4-6-8-12;/h2,5-7,10-13,15-17,19-21H,1,3-4,8-9,18H2;4-7,9-11H,1-3H3;/q2*-1;. The Hall–Kier alpha value is -3.83. The number of hydrogen-bond donors (Lipinski definition) is 0. The molecule has 0 bridgehead atoms. The number of rotatable bonds is 6. The first kappa shape index (κ1) is 35.0. The van der Waals surface area contributed by atoms with Crippen LogP contribution in [-0.2, 0) is 26.5 Å². The average molecular weight is 880 g/mol. The minimum absolute atomic E-state index is 0. The largest absolute Gasteiger partial charge is 0.500 e. The molecular weight excluding hydrogens is 837 g/mol. The van der Waals surface area contributed by atoms with Gasteiger partial charge in [-0.1, -0.05) is 91.6 Å². The van der Waals surface area contributed by atoms with Crippen molar-refractivity contribution in [3.05, 3.63) is 139 Å². The number of furan rings is 1. The second kappa shape index (κ2) is 15.8. The Morgan fingerprint density at radius 3 is 2.29 bits per heavy atom. The Morgan fingerprint density at radius 2 is 1.55 bits per heavy atom. The van der Waals surface area contributed by atoms with E-state index in [9.17, 15) is 0 Å². The van der Waals surface area contributed by atoms with E-state index in [-0.39, 0.29) is 20.1 Å². The maximum atomic E-state index is 6.18. The van der Waals surface area contributed by atoms with Crippen molar-refractivity contribution >= 4 is 39.6 Å². The van der Waals surface area contributed by atoms with Gasteiger partial charge in [-0.2, -0.15) is 0 Å². The summed E-state index contributed by atoms with van der Waals surface area (Å²) < 4.78 is 7.62. The summed E-state index contributed by atoms with van der Waals surface area (Å²) in [6.07, 6.45) is 12.0. The molecule has 8 rings (SSSR count). The van der Waals surface area contributed by atoms with Crippen LogP contribution in [-0.4, -0.2) is 23.2 Å². The maximum Gasteiger partial charge on any atom is 0.121 e. The number of fused-ring (bicyclic) bond motifs is 3. The van der Waals surface area contributed by atoms with Crippen molar-refractivity contribution in [3.63, 3.8) is 0 Å². The molecule has 0 N–H and O–H groups in total. The van der Waals surface area contributed by atoms with Crippen molar-refractivity contribution in [2.24, 2.45) is 5.92 Å². The molecule has 0 aliphatic heterocycles. The predicted molar refractivity (Wildman–Crippen MR) is 203 cm³/mol. The van der Waals surface area contributed by atoms with Gasteiger partial charge in [0, 0.05) is 31.7 Å². The first-order chi connectivity index (χ1) is 23.4. The second-order valence-electron chi connectivity index (χ2n) is 14.0. The topological polar surface area (TPSA) is 38.9 Å². The zero-order valence-electron chi connectivity index (χ0n) is 28.5. The minimum Gasteiger partial charge on any atom is -0.500 e. The molecular formula is C44H42GeIrN2O-2. The number of aromatic nitrogens is 2. The summed E-state index contributed by atoms with van der Waals surface area (Å²) in [5, 5.41) is 2.27. The smallest absolute Gasteiger partial charge is 0.121 e. The summed E-state index contributed by atoms with van der Waals surface area (Å²) in [4.78, 5) is 9.22. The van der Waals surface area contributed by atoms with Crippen LogP contribution in [0.1, 0.15) is 37.7 Å². The molecule has 1 radical (unpaired) electrons. The Morgan fingerprint density at radius 1 is 0.735 bits per heavy atom. The number of benzene rings is 4. The van der Waals surface area contributed by atoms with E-state index in [0.717, 1.165) is 56.8 Å². The van der Waals surface area contributed by atoms with Crippen molar-refractivity contribution in [3.8, 4) is 33.6 Å². The van der Waals surface area contributed by atoms with Crippen LogP contribution in [0.5, 0.6) is 0 Å². The molecule has 0 spiro atoms. The summed E-state index contributed by atoms with van der Waals surface area (Å²) in [5.74, 6) is 7.96. The van der Waals surface area contributed by atoms with Gasteiger partial charge >= 0.3 is 99.8 Å². The van der Waals surface area contributed by atoms with Crippen LogP contribution in [0.2, 0.25) is 17.3 Å². The van der Waals surface area contributed by atoms with Gasteiger partial charge in [-0.3, -0.25) is 0 Å². The summed E-state index contributed by atoms with van der Waals surface area (Å²) in [5.41, 5.74) is 9.64. The van der Waals surface area contributed by atoms with Gasteiger partial charge in [-0.05, 0) is 41.3 Å². The molecule has 1 aliphatic rings. The zero-order chi connectivity index (χ0) is 32.9. The van der Waals surface area contributed by atoms with Crippen LogP contribution in [0.25, 0.3) is 55.6 Å². The quantitative estimate of drug-likeness (QED) is 0.123. The van der Waals surface area contributed by atoms with E-state index in [0.29, 0.717) is 0 Å². The Balaban J connectivity index is 0.000000208. The molecule has 249 valence electrons. The molecule has 3 heterocycles. The SMILES string of the molecule is [CH3][Ge]([CH3])([CH3])[c]1ccc(-c2[c-]cccc2)nc1.[Ir].[c-]1cc2oc3cccc(-c4ccccc4)c3c2cc1-c1cc(CC2CCCCC2)ccn1. The van der Waals surface area contributed by atoms with E-state index in [4.69, 9.17) is 9.40 Å². The number of pyridine rings is 2. The van der Waals surface area contributed by atoms with Gasteiger partial charge in [0.25, 0.3) is 0 Å². The molecule has 1 fully saturated rings. The van der Waals surface area contributed by atoms with Crippen molar-refractivity contribution in [1.82, 2.24) is 9.97 Å². The van der Waals surface area contributed by atoms with Crippen molar-refractivity contribution in [2.45, 2.75) is 55.8 Å². The fourth-order valence-corrected chi connectivity index (χ4v) is 8.97. The Bertz CT molecular complexity index is 2110. The van der Waals surface area contributed by atoms with E-state index in [2.05, 4.69) is 107 Å². The van der Waals surface area contributed by atoms with E-state index in [1.807, 2.05) is 48.8 Å². The number of nitrogens with zero attached hydrogens (tertiary/aromatic N) is 2. The third kappa shape index (κ3) is 8.32. The normalized spacial score (nSPS) is 13.4. The minimum atomic E-state index is -1.72. The third-order valence-electron chi connectivity index (χ3n) is 9.48. The first-order valence-electron chi connectivity index (χ1n) is 17.2. The second-order valence-corrected chi connectivity index (χ2v) is 24.6. The number of hydrogen-bond acceptors (Lipinski definition) is 3. The fourth-order valence-electron chi connectivity index (χ4n) is 6.80. The fraction of sp³-hybridized carbons (Fsp3) is 0.227. The van der Waals surface area contributed by atoms with E-state index >= 15 is 0 Å². The molecule has 0 atom stereocenters. The van der Waals surface area contributed by atoms with Gasteiger partial charge in [0.2, 0.25) is 0 Å². The van der Waals surface area contributed by atoms with Crippen LogP contribution in [0.4, 0.5) is 0 Å². The van der Waals surface area contributed by atoms with Gasteiger partial charge in [0.05, 0.1) is 5.58 Å². The summed E-state index contributed by atoms with van der Waals surface area (Å²) >= 11 is -1.72. The van der Waals surface area contributed by atoms with Crippen LogP contribution >= 0.6 is 0 Å². The molecule has 3 aromatic heterocycles. The molecule has 7 aromatic rings. The first-order valence-corrected chi connectivity index (χ1v) is 24.6. The van der Waals surface area contributed by atoms with Crippen molar-refractivity contribution < 1.29 is 24.5 Å². The van der Waals surface area contributed by atoms with Crippen molar-refractivity contribution in [1.29, 1.82) is 0 Å². The van der Waals surface area contributed by atoms with Crippen LogP contribution in [0.15, 0.2) is 126 Å². The molecule has 1 saturated carbocycles. The van der Waals surface area contributed by atoms with Crippen molar-refractivity contribution in [2.75, 3.05) is 0 Å². The Labute approximate surface area is 306 Å². The molecule has 3 nitrogen and oxygen atoms in total. The van der Waals surface area contributed by atoms with Gasteiger partial charge in [-0.15, -0.1) is 23.8 Å². The van der Waals surface area contributed by atoms with Crippen LogP contribution in [0, 0.1) is 18.1 Å². The monoisotopic (exact) mass is 881 g/mol. The van der Waals surface area contributed by atoms with Gasteiger partial charge in [0.1, 0.15) is 5.58 Å². The summed E-state index contributed by atoms with van der Waals surface area (Å²) in [7, 11) is 0. The van der Waals surface area contributed by atoms with E-state index in [1.165, 1.54) is 53.2 Å². The van der Waals surface area contributed by atoms with Gasteiger partial charge in [0.15, 0.2) is 0 Å². The predicted octanol–water partition coefficient (Wildman–Crippen LogP) is 11.3. The van der Waals surface area contributed by atoms with Gasteiger partial charge in [-0.25, -0.2) is 0 Å². The Kier molecular flexibility index (Phi) is 11.3. The molecule has 49 heavy (non-hydrogen) atoms. The molecule has 0 amide bonds. The van der Waals surface area contributed by atoms with Gasteiger partial charge < -0.3 is 9.40 Å². The molecule has 5 heteroatoms. The average Bonchev–Trinajstić information content (AvgIpc) is 3.51. The molecule has 0 unspecified atom stereocenters. The van der Waals surface area contributed by atoms with E-state index in [1.54, 1.807) is 0 Å². The molecule has 1 aliphatic carbocycles. The maximum absolute atomic E-state index is 6.18. The van der Waals surface area contributed by atoms with Crippen LogP contribution in [0.3, 0.4) is 0 Å². The summed E-state index contributed by atoms with van der Waals surface area (Å²) in [6.45, 7) is 0. The summed E-state index contributed by atoms with van der Waals surface area (Å²) in [6, 6.07) is 44.3. The van der Waals surface area contributed by atoms with Crippen LogP contribution < -0.4 is 4.40 Å². The third-order valence-corrected chi connectivity index (χ3v) is 13.7.